The highest BCUT2D eigenvalue weighted by Gasteiger charge is 2.18. The standard InChI is InChI=1S/C72H88O19/c1-10-56(7)87-82-53-27-26-50-76-71-63(29-17-21-54-83-90-88-57(8)11-2)34-35-64(72(71)77-49-25-24-48-75-13-4)41-47-70(74)86-66-44-38-60(39-45-66)59-36-42-65(43-37-59)85-69(73)46-40-62-33-32-61(28-16-20-51-80-78-14-5)67(30-18-22-52-81-79-15-6)68(62)31-19-23-55-84-91-89-58(9)12-3/h13-15,32-47H,1-6,16-31,48-55H2,7-9H3/b46-40+,47-41+. The summed E-state index contributed by atoms with van der Waals surface area (Å²) in [4.78, 5) is 77.5. The first-order valence-corrected chi connectivity index (χ1v) is 30.4. The molecule has 0 bridgehead atoms. The number of hydrogen-bond donors (Lipinski definition) is 0. The Balaban J connectivity index is 1.47. The van der Waals surface area contributed by atoms with Crippen LogP contribution in [0.15, 0.2) is 178 Å². The Hall–Kier alpha value is -8.80. The van der Waals surface area contributed by atoms with E-state index in [0.717, 1.165) is 85.6 Å². The van der Waals surface area contributed by atoms with E-state index in [1.165, 1.54) is 42.1 Å². The second-order valence-corrected chi connectivity index (χ2v) is 20.0. The van der Waals surface area contributed by atoms with Gasteiger partial charge in [-0.15, -0.1) is 0 Å². The van der Waals surface area contributed by atoms with Crippen LogP contribution >= 0.6 is 0 Å². The van der Waals surface area contributed by atoms with Crippen molar-refractivity contribution in [3.05, 3.63) is 211 Å². The van der Waals surface area contributed by atoms with Gasteiger partial charge in [-0.1, -0.05) is 105 Å². The SMILES string of the molecule is C=C=C(C)OOCCCCOc1c(CCCCOOOC(C)=C=C)ccc(/C=C/C(=O)Oc2ccc(-c3ccc(OC(=O)/C=C/c4ccc(CCCCOOC=C)c(CCCCOOC=C)c4CCCCOOOC(C)=C=C)cc3)cc2)c1OCCCCOC=C. The first-order chi connectivity index (χ1) is 44.5. The van der Waals surface area contributed by atoms with Gasteiger partial charge in [-0.3, -0.25) is 0 Å². The number of hydrogen-bond acceptors (Lipinski definition) is 19. The van der Waals surface area contributed by atoms with Crippen molar-refractivity contribution < 1.29 is 92.2 Å². The zero-order chi connectivity index (χ0) is 65.4. The van der Waals surface area contributed by atoms with E-state index in [1.54, 1.807) is 57.2 Å². The van der Waals surface area contributed by atoms with Crippen LogP contribution in [-0.2, 0) is 99.0 Å². The number of benzene rings is 4. The van der Waals surface area contributed by atoms with Gasteiger partial charge in [0.15, 0.2) is 28.8 Å². The molecule has 0 aromatic heterocycles. The van der Waals surface area contributed by atoms with E-state index < -0.39 is 11.9 Å². The fraction of sp³-hybridized carbons (Fsp3) is 0.375. The van der Waals surface area contributed by atoms with Gasteiger partial charge in [0, 0.05) is 38.5 Å². The van der Waals surface area contributed by atoms with Gasteiger partial charge in [-0.25, -0.2) is 9.59 Å². The summed E-state index contributed by atoms with van der Waals surface area (Å²) in [6, 6.07) is 22.2. The third kappa shape index (κ3) is 31.5. The van der Waals surface area contributed by atoms with E-state index in [-0.39, 0.29) is 6.61 Å². The number of rotatable bonds is 52. The Morgan fingerprint density at radius 1 is 0.407 bits per heavy atom. The van der Waals surface area contributed by atoms with E-state index >= 15 is 0 Å². The molecule has 0 aliphatic rings. The van der Waals surface area contributed by atoms with Crippen LogP contribution in [0, 0.1) is 0 Å². The topological polar surface area (TPSA) is 191 Å². The molecule has 0 aliphatic heterocycles. The van der Waals surface area contributed by atoms with E-state index in [2.05, 4.69) is 62.7 Å². The van der Waals surface area contributed by atoms with Crippen LogP contribution in [0.3, 0.4) is 0 Å². The van der Waals surface area contributed by atoms with E-state index in [1.807, 2.05) is 42.5 Å². The van der Waals surface area contributed by atoms with Crippen LogP contribution < -0.4 is 18.9 Å². The molecule has 0 aliphatic carbocycles. The third-order valence-corrected chi connectivity index (χ3v) is 13.2. The average molecular weight is 1260 g/mol. The summed E-state index contributed by atoms with van der Waals surface area (Å²) in [6.07, 6.45) is 21.8. The molecule has 0 saturated heterocycles. The van der Waals surface area contributed by atoms with Gasteiger partial charge in [0.25, 0.3) is 0 Å². The molecule has 19 heteroatoms. The molecule has 0 N–H and O–H groups in total. The molecule has 0 heterocycles. The van der Waals surface area contributed by atoms with Crippen molar-refractivity contribution in [2.24, 2.45) is 0 Å². The van der Waals surface area contributed by atoms with Crippen molar-refractivity contribution in [2.75, 3.05) is 52.9 Å². The highest BCUT2D eigenvalue weighted by atomic mass is 17.5. The molecule has 0 fully saturated rings. The van der Waals surface area contributed by atoms with Crippen molar-refractivity contribution in [1.82, 2.24) is 0 Å². The van der Waals surface area contributed by atoms with Crippen LogP contribution in [0.4, 0.5) is 0 Å². The Kier molecular flexibility index (Phi) is 38.7. The predicted molar refractivity (Wildman–Crippen MR) is 344 cm³/mol. The number of allylic oxidation sites excluding steroid dienone is 3. The lowest BCUT2D eigenvalue weighted by Gasteiger charge is -2.19. The van der Waals surface area contributed by atoms with Crippen molar-refractivity contribution >= 4 is 24.1 Å². The molecule has 0 atom stereocenters. The summed E-state index contributed by atoms with van der Waals surface area (Å²) in [5, 5.41) is 9.59. The van der Waals surface area contributed by atoms with Gasteiger partial charge in [0.1, 0.15) is 24.0 Å². The summed E-state index contributed by atoms with van der Waals surface area (Å²) in [6.45, 7) is 29.2. The molecule has 4 rings (SSSR count). The maximum absolute atomic E-state index is 13.4. The molecular weight excluding hydrogens is 1170 g/mol. The lowest BCUT2D eigenvalue weighted by atomic mass is 9.87. The smallest absolute Gasteiger partial charge is 0.336 e. The molecule has 0 spiro atoms. The van der Waals surface area contributed by atoms with Crippen LogP contribution in [0.2, 0.25) is 0 Å². The van der Waals surface area contributed by atoms with Crippen LogP contribution in [0.1, 0.15) is 131 Å². The molecular formula is C72H88O19. The zero-order valence-electron chi connectivity index (χ0n) is 52.9. The average Bonchev–Trinajstić information content (AvgIpc) is 1.17. The maximum Gasteiger partial charge on any atom is 0.336 e. The molecule has 490 valence electrons. The van der Waals surface area contributed by atoms with Gasteiger partial charge in [-0.05, 0) is 188 Å². The summed E-state index contributed by atoms with van der Waals surface area (Å²) in [5.41, 5.74) is 15.4. The number of esters is 2. The van der Waals surface area contributed by atoms with E-state index in [9.17, 15) is 9.59 Å². The highest BCUT2D eigenvalue weighted by Crippen LogP contribution is 2.38. The quantitative estimate of drug-likeness (QED) is 0.00592. The third-order valence-electron chi connectivity index (χ3n) is 13.2. The molecule has 0 unspecified atom stereocenters. The van der Waals surface area contributed by atoms with E-state index in [0.29, 0.717) is 137 Å². The second kappa shape index (κ2) is 47.2. The fourth-order valence-corrected chi connectivity index (χ4v) is 8.55. The lowest BCUT2D eigenvalue weighted by Crippen LogP contribution is -2.08. The van der Waals surface area contributed by atoms with Crippen molar-refractivity contribution in [3.8, 4) is 34.1 Å². The molecule has 0 amide bonds. The Morgan fingerprint density at radius 3 is 1.35 bits per heavy atom. The number of unbranched alkanes of at least 4 members (excludes halogenated alkanes) is 6. The number of aryl methyl sites for hydroxylation is 2. The second-order valence-electron chi connectivity index (χ2n) is 20.0. The maximum atomic E-state index is 13.4. The molecule has 0 radical (unpaired) electrons. The summed E-state index contributed by atoms with van der Waals surface area (Å²) in [5.74, 6) is 1.74. The minimum Gasteiger partial charge on any atom is -0.502 e. The number of ether oxygens (including phenoxy) is 5. The first kappa shape index (κ1) is 74.7. The largest absolute Gasteiger partial charge is 0.502 e. The number of carbonyl (C=O) groups is 2. The molecule has 91 heavy (non-hydrogen) atoms. The van der Waals surface area contributed by atoms with Crippen molar-refractivity contribution in [1.29, 1.82) is 0 Å². The van der Waals surface area contributed by atoms with Gasteiger partial charge < -0.3 is 48.1 Å². The normalized spacial score (nSPS) is 10.8. The van der Waals surface area contributed by atoms with Crippen LogP contribution in [0.25, 0.3) is 23.3 Å². The molecule has 4 aromatic rings. The predicted octanol–water partition coefficient (Wildman–Crippen LogP) is 16.3. The Labute approximate surface area is 535 Å². The van der Waals surface area contributed by atoms with Gasteiger partial charge in [-0.2, -0.15) is 24.4 Å². The Morgan fingerprint density at radius 2 is 0.824 bits per heavy atom. The summed E-state index contributed by atoms with van der Waals surface area (Å²) >= 11 is 0. The van der Waals surface area contributed by atoms with Crippen molar-refractivity contribution in [3.63, 3.8) is 0 Å². The van der Waals surface area contributed by atoms with E-state index in [4.69, 9.17) is 82.6 Å². The molecule has 0 saturated carbocycles. The highest BCUT2D eigenvalue weighted by molar-refractivity contribution is 5.90. The lowest BCUT2D eigenvalue weighted by molar-refractivity contribution is -0.495. The first-order valence-electron chi connectivity index (χ1n) is 30.4. The summed E-state index contributed by atoms with van der Waals surface area (Å²) < 4.78 is 29.8. The van der Waals surface area contributed by atoms with Crippen molar-refractivity contribution in [2.45, 2.75) is 124 Å². The monoisotopic (exact) mass is 1260 g/mol. The zero-order valence-corrected chi connectivity index (χ0v) is 52.9. The summed E-state index contributed by atoms with van der Waals surface area (Å²) in [7, 11) is 0. The minimum atomic E-state index is -0.601. The van der Waals surface area contributed by atoms with Gasteiger partial charge >= 0.3 is 11.9 Å². The van der Waals surface area contributed by atoms with Crippen LogP contribution in [-0.4, -0.2) is 64.8 Å². The van der Waals surface area contributed by atoms with Gasteiger partial charge in [0.2, 0.25) is 0 Å². The van der Waals surface area contributed by atoms with Gasteiger partial charge in [0.05, 0.1) is 59.1 Å². The molecule has 4 aromatic carbocycles. The number of carbonyl (C=O) groups excluding carboxylic acids is 2. The Bertz CT molecular complexity index is 3030. The molecule has 19 nitrogen and oxygen atoms in total. The van der Waals surface area contributed by atoms with Crippen LogP contribution in [0.5, 0.6) is 23.0 Å². The fourth-order valence-electron chi connectivity index (χ4n) is 8.55. The minimum absolute atomic E-state index is 0.279.